The van der Waals surface area contributed by atoms with Crippen LogP contribution < -0.4 is 0 Å². The average Bonchev–Trinajstić information content (AvgIpc) is 2.13. The maximum atomic E-state index is 11.1. The standard InChI is InChI=1S/C11H16Cl2O2/c1-4-5-6-9(7-8(2)3)15-11(14)10(12)13/h8-10H,4,7H2,1-3H3. The van der Waals surface area contributed by atoms with Gasteiger partial charge in [0, 0.05) is 6.42 Å². The molecule has 1 unspecified atom stereocenters. The van der Waals surface area contributed by atoms with Crippen molar-refractivity contribution in [2.75, 3.05) is 0 Å². The molecule has 4 heteroatoms. The van der Waals surface area contributed by atoms with E-state index in [0.29, 0.717) is 12.3 Å². The van der Waals surface area contributed by atoms with Crippen LogP contribution in [0.4, 0.5) is 0 Å². The number of esters is 1. The lowest BCUT2D eigenvalue weighted by Crippen LogP contribution is -2.22. The van der Waals surface area contributed by atoms with Crippen LogP contribution in [0.3, 0.4) is 0 Å². The predicted molar refractivity (Wildman–Crippen MR) is 62.9 cm³/mol. The molecule has 0 rings (SSSR count). The third kappa shape index (κ3) is 7.53. The zero-order chi connectivity index (χ0) is 11.8. The minimum Gasteiger partial charge on any atom is -0.447 e. The van der Waals surface area contributed by atoms with Crippen molar-refractivity contribution in [1.29, 1.82) is 0 Å². The van der Waals surface area contributed by atoms with Gasteiger partial charge in [0.1, 0.15) is 0 Å². The third-order valence-electron chi connectivity index (χ3n) is 1.56. The lowest BCUT2D eigenvalue weighted by atomic mass is 10.1. The molecule has 2 nitrogen and oxygen atoms in total. The maximum Gasteiger partial charge on any atom is 0.340 e. The first-order valence-electron chi connectivity index (χ1n) is 4.94. The quantitative estimate of drug-likeness (QED) is 0.436. The normalized spacial score (nSPS) is 12.2. The molecule has 0 heterocycles. The average molecular weight is 251 g/mol. The lowest BCUT2D eigenvalue weighted by molar-refractivity contribution is -0.144. The molecule has 0 aromatic rings. The number of hydrogen-bond donors (Lipinski definition) is 0. The SMILES string of the molecule is CCC#CC(CC(C)C)OC(=O)C(Cl)Cl. The highest BCUT2D eigenvalue weighted by Crippen LogP contribution is 2.12. The summed E-state index contributed by atoms with van der Waals surface area (Å²) in [5.41, 5.74) is 0. The minimum absolute atomic E-state index is 0.401. The third-order valence-corrected chi connectivity index (χ3v) is 1.92. The number of alkyl halides is 2. The van der Waals surface area contributed by atoms with Gasteiger partial charge < -0.3 is 4.74 Å². The van der Waals surface area contributed by atoms with Crippen molar-refractivity contribution in [3.05, 3.63) is 0 Å². The largest absolute Gasteiger partial charge is 0.447 e. The molecule has 0 aliphatic heterocycles. The first kappa shape index (κ1) is 14.6. The van der Waals surface area contributed by atoms with E-state index in [0.717, 1.165) is 6.42 Å². The van der Waals surface area contributed by atoms with E-state index in [-0.39, 0.29) is 0 Å². The van der Waals surface area contributed by atoms with Gasteiger partial charge in [-0.2, -0.15) is 0 Å². The zero-order valence-corrected chi connectivity index (χ0v) is 10.7. The molecule has 0 aromatic heterocycles. The Labute approximate surface area is 101 Å². The van der Waals surface area contributed by atoms with Crippen molar-refractivity contribution >= 4 is 29.2 Å². The van der Waals surface area contributed by atoms with Gasteiger partial charge in [0.25, 0.3) is 0 Å². The van der Waals surface area contributed by atoms with Crippen molar-refractivity contribution in [1.82, 2.24) is 0 Å². The molecule has 0 saturated heterocycles. The van der Waals surface area contributed by atoms with Crippen molar-refractivity contribution in [3.63, 3.8) is 0 Å². The van der Waals surface area contributed by atoms with Crippen LogP contribution in [0.25, 0.3) is 0 Å². The molecule has 1 atom stereocenters. The van der Waals surface area contributed by atoms with Gasteiger partial charge in [-0.1, -0.05) is 55.8 Å². The second-order valence-electron chi connectivity index (χ2n) is 3.53. The summed E-state index contributed by atoms with van der Waals surface area (Å²) in [6.45, 7) is 6.01. The highest BCUT2D eigenvalue weighted by atomic mass is 35.5. The van der Waals surface area contributed by atoms with Crippen LogP contribution in [0.15, 0.2) is 0 Å². The lowest BCUT2D eigenvalue weighted by Gasteiger charge is -2.14. The Hall–Kier alpha value is -0.390. The topological polar surface area (TPSA) is 26.3 Å². The Bertz CT molecular complexity index is 251. The fraction of sp³-hybridized carbons (Fsp3) is 0.727. The van der Waals surface area contributed by atoms with Crippen LogP contribution >= 0.6 is 23.2 Å². The Morgan fingerprint density at radius 1 is 1.40 bits per heavy atom. The van der Waals surface area contributed by atoms with Crippen LogP contribution in [0, 0.1) is 17.8 Å². The van der Waals surface area contributed by atoms with Crippen LogP contribution in [-0.4, -0.2) is 16.9 Å². The first-order valence-corrected chi connectivity index (χ1v) is 5.81. The Kier molecular flexibility index (Phi) is 7.64. The molecule has 0 N–H and O–H groups in total. The van der Waals surface area contributed by atoms with Gasteiger partial charge >= 0.3 is 5.97 Å². The molecule has 0 fully saturated rings. The summed E-state index contributed by atoms with van der Waals surface area (Å²) >= 11 is 10.8. The highest BCUT2D eigenvalue weighted by molar-refractivity contribution is 6.52. The summed E-state index contributed by atoms with van der Waals surface area (Å²) < 4.78 is 5.05. The molecule has 15 heavy (non-hydrogen) atoms. The highest BCUT2D eigenvalue weighted by Gasteiger charge is 2.18. The van der Waals surface area contributed by atoms with Crippen LogP contribution in [0.2, 0.25) is 0 Å². The first-order chi connectivity index (χ1) is 6.97. The fourth-order valence-electron chi connectivity index (χ4n) is 0.972. The molecule has 86 valence electrons. The zero-order valence-electron chi connectivity index (χ0n) is 9.22. The summed E-state index contributed by atoms with van der Waals surface area (Å²) in [4.78, 5) is 10.0. The van der Waals surface area contributed by atoms with E-state index in [1.165, 1.54) is 0 Å². The summed E-state index contributed by atoms with van der Waals surface area (Å²) in [6, 6.07) is 0. The molecule has 0 aliphatic rings. The minimum atomic E-state index is -1.14. The number of carbonyl (C=O) groups excluding carboxylic acids is 1. The van der Waals surface area contributed by atoms with E-state index in [9.17, 15) is 4.79 Å². The van der Waals surface area contributed by atoms with Crippen molar-refractivity contribution in [3.8, 4) is 11.8 Å². The van der Waals surface area contributed by atoms with Gasteiger partial charge in [-0.3, -0.25) is 0 Å². The predicted octanol–water partition coefficient (Wildman–Crippen LogP) is 3.16. The molecule has 0 bridgehead atoms. The summed E-state index contributed by atoms with van der Waals surface area (Å²) in [5, 5.41) is 0. The van der Waals surface area contributed by atoms with E-state index in [2.05, 4.69) is 11.8 Å². The Morgan fingerprint density at radius 3 is 2.40 bits per heavy atom. The molecule has 0 radical (unpaired) electrons. The molecule has 0 aliphatic carbocycles. The van der Waals surface area contributed by atoms with Gasteiger partial charge in [0.15, 0.2) is 6.10 Å². The van der Waals surface area contributed by atoms with E-state index in [1.54, 1.807) is 0 Å². The van der Waals surface area contributed by atoms with Crippen molar-refractivity contribution < 1.29 is 9.53 Å². The number of hydrogen-bond acceptors (Lipinski definition) is 2. The molecule has 0 aromatic carbocycles. The number of halogens is 2. The monoisotopic (exact) mass is 250 g/mol. The Morgan fingerprint density at radius 2 is 2.00 bits per heavy atom. The van der Waals surface area contributed by atoms with Crippen molar-refractivity contribution in [2.24, 2.45) is 5.92 Å². The molecule has 0 saturated carbocycles. The van der Waals surface area contributed by atoms with E-state index >= 15 is 0 Å². The van der Waals surface area contributed by atoms with Gasteiger partial charge in [0.05, 0.1) is 0 Å². The van der Waals surface area contributed by atoms with Crippen LogP contribution in [-0.2, 0) is 9.53 Å². The maximum absolute atomic E-state index is 11.1. The summed E-state index contributed by atoms with van der Waals surface area (Å²) in [5.74, 6) is 5.53. The van der Waals surface area contributed by atoms with Crippen LogP contribution in [0.5, 0.6) is 0 Å². The van der Waals surface area contributed by atoms with Gasteiger partial charge in [-0.05, 0) is 12.3 Å². The number of carbonyl (C=O) groups is 1. The number of ether oxygens (including phenoxy) is 1. The second-order valence-corrected chi connectivity index (χ2v) is 4.63. The second kappa shape index (κ2) is 7.84. The van der Waals surface area contributed by atoms with Crippen molar-refractivity contribution in [2.45, 2.75) is 44.6 Å². The van der Waals surface area contributed by atoms with E-state index in [4.69, 9.17) is 27.9 Å². The van der Waals surface area contributed by atoms with E-state index < -0.39 is 16.9 Å². The summed E-state index contributed by atoms with van der Waals surface area (Å²) in [7, 11) is 0. The van der Waals surface area contributed by atoms with E-state index in [1.807, 2.05) is 20.8 Å². The van der Waals surface area contributed by atoms with Gasteiger partial charge in [0.2, 0.25) is 4.84 Å². The van der Waals surface area contributed by atoms with Gasteiger partial charge in [-0.25, -0.2) is 4.79 Å². The number of rotatable bonds is 4. The fourth-order valence-corrected chi connectivity index (χ4v) is 1.08. The molecule has 0 spiro atoms. The molecule has 0 amide bonds. The summed E-state index contributed by atoms with van der Waals surface area (Å²) in [6.07, 6.45) is 1.02. The molecular formula is C11H16Cl2O2. The van der Waals surface area contributed by atoms with Crippen LogP contribution in [0.1, 0.15) is 33.6 Å². The molecular weight excluding hydrogens is 235 g/mol. The smallest absolute Gasteiger partial charge is 0.340 e. The Balaban J connectivity index is 4.30. The van der Waals surface area contributed by atoms with Gasteiger partial charge in [-0.15, -0.1) is 0 Å².